The van der Waals surface area contributed by atoms with Gasteiger partial charge in [-0.2, -0.15) is 0 Å². The van der Waals surface area contributed by atoms with Crippen LogP contribution in [0.25, 0.3) is 0 Å². The molecule has 2 aromatic carbocycles. The van der Waals surface area contributed by atoms with Crippen molar-refractivity contribution in [3.05, 3.63) is 57.6 Å². The molecule has 0 saturated heterocycles. The zero-order chi connectivity index (χ0) is 14.7. The minimum atomic E-state index is -0.116. The molecule has 0 saturated carbocycles. The summed E-state index contributed by atoms with van der Waals surface area (Å²) in [6, 6.07) is 10.2. The third kappa shape index (κ3) is 3.06. The maximum absolute atomic E-state index is 12.3. The number of hydrogen-bond donors (Lipinski definition) is 1. The Labute approximate surface area is 127 Å². The number of anilines is 1. The molecule has 5 heteroatoms. The molecule has 0 aliphatic rings. The third-order valence-electron chi connectivity index (χ3n) is 2.94. The van der Waals surface area contributed by atoms with E-state index in [-0.39, 0.29) is 12.2 Å². The van der Waals surface area contributed by atoms with Gasteiger partial charge >= 0.3 is 0 Å². The van der Waals surface area contributed by atoms with Gasteiger partial charge in [-0.1, -0.05) is 35.3 Å². The average Bonchev–Trinajstić information content (AvgIpc) is 2.43. The van der Waals surface area contributed by atoms with Gasteiger partial charge in [0.25, 0.3) is 0 Å². The van der Waals surface area contributed by atoms with Crippen molar-refractivity contribution in [2.75, 3.05) is 12.8 Å². The van der Waals surface area contributed by atoms with E-state index in [1.165, 1.54) is 0 Å². The van der Waals surface area contributed by atoms with E-state index in [0.29, 0.717) is 32.6 Å². The number of hydrogen-bond acceptors (Lipinski definition) is 3. The van der Waals surface area contributed by atoms with Crippen LogP contribution in [0.1, 0.15) is 15.9 Å². The highest BCUT2D eigenvalue weighted by Crippen LogP contribution is 2.27. The predicted octanol–water partition coefficient (Wildman–Crippen LogP) is 4.01. The zero-order valence-corrected chi connectivity index (χ0v) is 12.3. The fourth-order valence-corrected chi connectivity index (χ4v) is 2.26. The number of methoxy groups -OCH3 is 1. The molecule has 0 aromatic heterocycles. The number of nitrogens with two attached hydrogens (primary N) is 1. The maximum atomic E-state index is 12.3. The molecule has 20 heavy (non-hydrogen) atoms. The second-order valence-corrected chi connectivity index (χ2v) is 5.05. The highest BCUT2D eigenvalue weighted by atomic mass is 35.5. The largest absolute Gasteiger partial charge is 0.497 e. The summed E-state index contributed by atoms with van der Waals surface area (Å²) in [6.07, 6.45) is 0.149. The van der Waals surface area contributed by atoms with E-state index in [4.69, 9.17) is 33.7 Å². The summed E-state index contributed by atoms with van der Waals surface area (Å²) < 4.78 is 5.05. The predicted molar refractivity (Wildman–Crippen MR) is 81.9 cm³/mol. The van der Waals surface area contributed by atoms with Gasteiger partial charge in [0.15, 0.2) is 5.78 Å². The molecule has 0 radical (unpaired) electrons. The number of carbonyl (C=O) groups excluding carboxylic acids is 1. The Morgan fingerprint density at radius 2 is 2.00 bits per heavy atom. The Morgan fingerprint density at radius 3 is 2.65 bits per heavy atom. The summed E-state index contributed by atoms with van der Waals surface area (Å²) in [4.78, 5) is 12.3. The Morgan fingerprint density at radius 1 is 1.25 bits per heavy atom. The van der Waals surface area contributed by atoms with E-state index in [2.05, 4.69) is 0 Å². The molecule has 0 aliphatic carbocycles. The summed E-state index contributed by atoms with van der Waals surface area (Å²) in [7, 11) is 1.54. The summed E-state index contributed by atoms with van der Waals surface area (Å²) in [5.74, 6) is 0.495. The molecule has 0 heterocycles. The van der Waals surface area contributed by atoms with Crippen LogP contribution in [0.5, 0.6) is 5.75 Å². The number of benzene rings is 2. The number of carbonyl (C=O) groups is 1. The molecule has 3 nitrogen and oxygen atoms in total. The molecule has 0 atom stereocenters. The standard InChI is InChI=1S/C15H13Cl2NO2/c1-20-10-5-6-11(13(18)8-10)14(19)7-9-3-2-4-12(16)15(9)17/h2-6,8H,7,18H2,1H3. The van der Waals surface area contributed by atoms with E-state index in [1.807, 2.05) is 0 Å². The van der Waals surface area contributed by atoms with Crippen LogP contribution in [-0.4, -0.2) is 12.9 Å². The average molecular weight is 310 g/mol. The van der Waals surface area contributed by atoms with Gasteiger partial charge in [0.2, 0.25) is 0 Å². The fraction of sp³-hybridized carbons (Fsp3) is 0.133. The highest BCUT2D eigenvalue weighted by Gasteiger charge is 2.14. The van der Waals surface area contributed by atoms with Gasteiger partial charge < -0.3 is 10.5 Å². The van der Waals surface area contributed by atoms with Gasteiger partial charge in [0.05, 0.1) is 17.2 Å². The van der Waals surface area contributed by atoms with Crippen molar-refractivity contribution in [2.45, 2.75) is 6.42 Å². The Bertz CT molecular complexity index is 656. The summed E-state index contributed by atoms with van der Waals surface area (Å²) in [5.41, 5.74) is 7.37. The second-order valence-electron chi connectivity index (χ2n) is 4.27. The zero-order valence-electron chi connectivity index (χ0n) is 10.8. The first kappa shape index (κ1) is 14.7. The lowest BCUT2D eigenvalue weighted by Crippen LogP contribution is -2.07. The molecular weight excluding hydrogens is 297 g/mol. The molecule has 0 bridgehead atoms. The first-order chi connectivity index (χ1) is 9.52. The van der Waals surface area contributed by atoms with Gasteiger partial charge in [0, 0.05) is 23.7 Å². The SMILES string of the molecule is COc1ccc(C(=O)Cc2cccc(Cl)c2Cl)c(N)c1. The van der Waals surface area contributed by atoms with E-state index < -0.39 is 0 Å². The molecule has 0 fully saturated rings. The van der Waals surface area contributed by atoms with Crippen molar-refractivity contribution in [3.8, 4) is 5.75 Å². The van der Waals surface area contributed by atoms with Crippen LogP contribution in [0.15, 0.2) is 36.4 Å². The van der Waals surface area contributed by atoms with Crippen LogP contribution >= 0.6 is 23.2 Å². The van der Waals surface area contributed by atoms with Crippen LogP contribution in [0.2, 0.25) is 10.0 Å². The molecule has 2 rings (SSSR count). The topological polar surface area (TPSA) is 52.3 Å². The lowest BCUT2D eigenvalue weighted by molar-refractivity contribution is 0.0994. The smallest absolute Gasteiger partial charge is 0.169 e. The van der Waals surface area contributed by atoms with E-state index in [9.17, 15) is 4.79 Å². The van der Waals surface area contributed by atoms with Crippen molar-refractivity contribution in [1.29, 1.82) is 0 Å². The van der Waals surface area contributed by atoms with E-state index in [0.717, 1.165) is 0 Å². The van der Waals surface area contributed by atoms with E-state index >= 15 is 0 Å². The highest BCUT2D eigenvalue weighted by molar-refractivity contribution is 6.42. The summed E-state index contributed by atoms with van der Waals surface area (Å²) >= 11 is 12.0. The summed E-state index contributed by atoms with van der Waals surface area (Å²) in [6.45, 7) is 0. The van der Waals surface area contributed by atoms with Crippen LogP contribution in [0, 0.1) is 0 Å². The normalized spacial score (nSPS) is 10.3. The minimum absolute atomic E-state index is 0.116. The Kier molecular flexibility index (Phi) is 4.53. The van der Waals surface area contributed by atoms with Crippen LogP contribution < -0.4 is 10.5 Å². The molecule has 0 spiro atoms. The lowest BCUT2D eigenvalue weighted by Gasteiger charge is -2.08. The summed E-state index contributed by atoms with van der Waals surface area (Å²) in [5, 5.41) is 0.828. The number of ketones is 1. The van der Waals surface area contributed by atoms with Gasteiger partial charge in [-0.15, -0.1) is 0 Å². The van der Waals surface area contributed by atoms with E-state index in [1.54, 1.807) is 43.5 Å². The first-order valence-electron chi connectivity index (χ1n) is 5.92. The van der Waals surface area contributed by atoms with Crippen molar-refractivity contribution < 1.29 is 9.53 Å². The Hall–Kier alpha value is -1.71. The second kappa shape index (κ2) is 6.16. The molecule has 0 unspecified atom stereocenters. The Balaban J connectivity index is 2.26. The molecule has 0 aliphatic heterocycles. The van der Waals surface area contributed by atoms with Crippen LogP contribution in [0.4, 0.5) is 5.69 Å². The minimum Gasteiger partial charge on any atom is -0.497 e. The number of Topliss-reactive ketones (excluding diaryl/α,β-unsaturated/α-hetero) is 1. The molecule has 0 amide bonds. The van der Waals surface area contributed by atoms with Crippen molar-refractivity contribution in [3.63, 3.8) is 0 Å². The number of ether oxygens (including phenoxy) is 1. The van der Waals surface area contributed by atoms with Crippen LogP contribution in [-0.2, 0) is 6.42 Å². The number of nitrogen functional groups attached to an aromatic ring is 1. The lowest BCUT2D eigenvalue weighted by atomic mass is 10.0. The third-order valence-corrected chi connectivity index (χ3v) is 3.80. The van der Waals surface area contributed by atoms with Gasteiger partial charge in [-0.05, 0) is 23.8 Å². The monoisotopic (exact) mass is 309 g/mol. The molecular formula is C15H13Cl2NO2. The molecule has 104 valence electrons. The van der Waals surface area contributed by atoms with Gasteiger partial charge in [0.1, 0.15) is 5.75 Å². The van der Waals surface area contributed by atoms with Gasteiger partial charge in [-0.25, -0.2) is 0 Å². The fourth-order valence-electron chi connectivity index (χ4n) is 1.87. The number of rotatable bonds is 4. The van der Waals surface area contributed by atoms with Crippen molar-refractivity contribution >= 4 is 34.7 Å². The van der Waals surface area contributed by atoms with Crippen LogP contribution in [0.3, 0.4) is 0 Å². The maximum Gasteiger partial charge on any atom is 0.169 e. The van der Waals surface area contributed by atoms with Gasteiger partial charge in [-0.3, -0.25) is 4.79 Å². The molecule has 2 N–H and O–H groups in total. The van der Waals surface area contributed by atoms with Crippen molar-refractivity contribution in [2.24, 2.45) is 0 Å². The quantitative estimate of drug-likeness (QED) is 0.686. The first-order valence-corrected chi connectivity index (χ1v) is 6.68. The number of halogens is 2. The van der Waals surface area contributed by atoms with Crippen molar-refractivity contribution in [1.82, 2.24) is 0 Å². The molecule has 2 aromatic rings.